The first-order chi connectivity index (χ1) is 12.9. The number of halogens is 3. The zero-order chi connectivity index (χ0) is 19.5. The van der Waals surface area contributed by atoms with Gasteiger partial charge in [-0.2, -0.15) is 13.2 Å². The Morgan fingerprint density at radius 1 is 1.00 bits per heavy atom. The van der Waals surface area contributed by atoms with Crippen LogP contribution < -0.4 is 10.1 Å². The van der Waals surface area contributed by atoms with Crippen LogP contribution in [0.15, 0.2) is 59.6 Å². The molecule has 0 radical (unpaired) electrons. The van der Waals surface area contributed by atoms with Gasteiger partial charge in [-0.05, 0) is 42.5 Å². The Morgan fingerprint density at radius 2 is 1.67 bits per heavy atom. The van der Waals surface area contributed by atoms with Crippen LogP contribution >= 0.6 is 0 Å². The third kappa shape index (κ3) is 7.94. The highest BCUT2D eigenvalue weighted by atomic mass is 19.4. The van der Waals surface area contributed by atoms with Crippen LogP contribution in [-0.2, 0) is 12.8 Å². The maximum Gasteiger partial charge on any atom is 0.450 e. The monoisotopic (exact) mass is 377 g/mol. The number of nitrogens with zero attached hydrogens (tertiary/aromatic N) is 1. The summed E-state index contributed by atoms with van der Waals surface area (Å²) < 4.78 is 42.0. The maximum absolute atomic E-state index is 12.1. The molecule has 0 aliphatic carbocycles. The third-order valence-electron chi connectivity index (χ3n) is 3.76. The molecule has 0 aromatic heterocycles. The van der Waals surface area contributed by atoms with Gasteiger partial charge in [0.05, 0.1) is 12.9 Å². The summed E-state index contributed by atoms with van der Waals surface area (Å²) in [6.45, 7) is 1.06. The number of amidine groups is 1. The van der Waals surface area contributed by atoms with E-state index in [1.807, 2.05) is 42.5 Å². The highest BCUT2D eigenvalue weighted by Gasteiger charge is 2.34. The Balaban J connectivity index is 1.63. The number of rotatable bonds is 9. The summed E-state index contributed by atoms with van der Waals surface area (Å²) in [5.74, 6) is -0.830. The van der Waals surface area contributed by atoms with Gasteiger partial charge in [-0.1, -0.05) is 42.5 Å². The number of hydrogen-bond acceptors (Lipinski definition) is 2. The zero-order valence-corrected chi connectivity index (χ0v) is 14.8. The molecular formula is C20H22F3N3O. The number of aliphatic imine (C=N–C) groups is 1. The van der Waals surface area contributed by atoms with Crippen LogP contribution in [0.5, 0.6) is 5.75 Å². The van der Waals surface area contributed by atoms with Gasteiger partial charge in [0.1, 0.15) is 5.75 Å². The van der Waals surface area contributed by atoms with Gasteiger partial charge in [0, 0.05) is 6.54 Å². The summed E-state index contributed by atoms with van der Waals surface area (Å²) >= 11 is 0. The minimum atomic E-state index is -4.71. The number of hydrogen-bond donors (Lipinski definition) is 2. The lowest BCUT2D eigenvalue weighted by Gasteiger charge is -2.08. The number of ether oxygens (including phenoxy) is 1. The van der Waals surface area contributed by atoms with E-state index < -0.39 is 12.0 Å². The van der Waals surface area contributed by atoms with Crippen LogP contribution in [0.3, 0.4) is 0 Å². The SMILES string of the molecule is N=C(/N=C\NCCc1ccc(OCCCc2ccccc2)cc1)C(F)(F)F. The number of nitrogens with one attached hydrogen (secondary N) is 2. The van der Waals surface area contributed by atoms with E-state index >= 15 is 0 Å². The van der Waals surface area contributed by atoms with Crippen molar-refractivity contribution in [1.82, 2.24) is 5.32 Å². The summed E-state index contributed by atoms with van der Waals surface area (Å²) in [5.41, 5.74) is 2.32. The molecule has 0 heterocycles. The van der Waals surface area contributed by atoms with Crippen molar-refractivity contribution >= 4 is 12.2 Å². The van der Waals surface area contributed by atoms with Crippen molar-refractivity contribution in [3.8, 4) is 5.75 Å². The number of benzene rings is 2. The normalized spacial score (nSPS) is 11.5. The fourth-order valence-corrected chi connectivity index (χ4v) is 2.33. The standard InChI is InChI=1S/C20H22F3N3O/c21-20(22,23)19(24)26-15-25-13-12-17-8-10-18(11-9-17)27-14-4-7-16-5-2-1-3-6-16/h1-3,5-6,8-11,15H,4,7,12-14H2,(H2,24,25,26). The largest absolute Gasteiger partial charge is 0.494 e. The zero-order valence-electron chi connectivity index (χ0n) is 14.8. The Morgan fingerprint density at radius 3 is 2.33 bits per heavy atom. The van der Waals surface area contributed by atoms with Crippen molar-refractivity contribution in [3.05, 3.63) is 65.7 Å². The molecule has 2 rings (SSSR count). The first-order valence-electron chi connectivity index (χ1n) is 8.62. The molecule has 0 amide bonds. The highest BCUT2D eigenvalue weighted by Crippen LogP contribution is 2.16. The molecule has 144 valence electrons. The molecule has 7 heteroatoms. The second-order valence-corrected chi connectivity index (χ2v) is 5.89. The molecule has 27 heavy (non-hydrogen) atoms. The molecule has 4 nitrogen and oxygen atoms in total. The van der Waals surface area contributed by atoms with Crippen LogP contribution in [0.25, 0.3) is 0 Å². The Labute approximate surface area is 156 Å². The molecule has 0 bridgehead atoms. The molecule has 2 N–H and O–H groups in total. The lowest BCUT2D eigenvalue weighted by atomic mass is 10.1. The topological polar surface area (TPSA) is 57.5 Å². The molecule has 0 saturated carbocycles. The summed E-state index contributed by atoms with van der Waals surface area (Å²) in [4.78, 5) is 3.01. The molecule has 0 saturated heterocycles. The van der Waals surface area contributed by atoms with E-state index in [2.05, 4.69) is 22.4 Å². The van der Waals surface area contributed by atoms with Gasteiger partial charge in [0.15, 0.2) is 0 Å². The van der Waals surface area contributed by atoms with E-state index in [1.165, 1.54) is 5.56 Å². The fraction of sp³-hybridized carbons (Fsp3) is 0.300. The van der Waals surface area contributed by atoms with E-state index in [0.29, 0.717) is 19.6 Å². The van der Waals surface area contributed by atoms with Gasteiger partial charge < -0.3 is 10.1 Å². The molecule has 0 atom stereocenters. The number of alkyl halides is 3. The quantitative estimate of drug-likeness (QED) is 0.387. The van der Waals surface area contributed by atoms with E-state index in [9.17, 15) is 13.2 Å². The van der Waals surface area contributed by atoms with Crippen molar-refractivity contribution < 1.29 is 17.9 Å². The summed E-state index contributed by atoms with van der Waals surface area (Å²) in [7, 11) is 0. The second kappa shape index (κ2) is 10.4. The molecule has 0 spiro atoms. The Kier molecular flexibility index (Phi) is 7.85. The van der Waals surface area contributed by atoms with Gasteiger partial charge >= 0.3 is 6.18 Å². The van der Waals surface area contributed by atoms with Crippen LogP contribution in [0, 0.1) is 5.41 Å². The average molecular weight is 377 g/mol. The molecule has 2 aromatic carbocycles. The minimum absolute atomic E-state index is 0.423. The van der Waals surface area contributed by atoms with Crippen molar-refractivity contribution in [2.45, 2.75) is 25.4 Å². The predicted molar refractivity (Wildman–Crippen MR) is 101 cm³/mol. The van der Waals surface area contributed by atoms with Gasteiger partial charge in [0.25, 0.3) is 0 Å². The van der Waals surface area contributed by atoms with E-state index in [4.69, 9.17) is 10.1 Å². The summed E-state index contributed by atoms with van der Waals surface area (Å²) in [6, 6.07) is 17.8. The van der Waals surface area contributed by atoms with E-state index in [0.717, 1.165) is 30.5 Å². The van der Waals surface area contributed by atoms with Crippen molar-refractivity contribution in [1.29, 1.82) is 5.41 Å². The molecule has 0 fully saturated rings. The van der Waals surface area contributed by atoms with Crippen molar-refractivity contribution in [2.24, 2.45) is 4.99 Å². The van der Waals surface area contributed by atoms with Gasteiger partial charge in [-0.15, -0.1) is 0 Å². The molecular weight excluding hydrogens is 355 g/mol. The fourth-order valence-electron chi connectivity index (χ4n) is 2.33. The van der Waals surface area contributed by atoms with Gasteiger partial charge in [0.2, 0.25) is 5.84 Å². The smallest absolute Gasteiger partial charge is 0.450 e. The average Bonchev–Trinajstić information content (AvgIpc) is 2.66. The first kappa shape index (κ1) is 20.5. The van der Waals surface area contributed by atoms with Crippen LogP contribution in [0.4, 0.5) is 13.2 Å². The molecule has 0 aliphatic heterocycles. The Hall–Kier alpha value is -2.83. The third-order valence-corrected chi connectivity index (χ3v) is 3.76. The van der Waals surface area contributed by atoms with E-state index in [-0.39, 0.29) is 0 Å². The van der Waals surface area contributed by atoms with Crippen molar-refractivity contribution in [3.63, 3.8) is 0 Å². The summed E-state index contributed by atoms with van der Waals surface area (Å²) in [6.07, 6.45) is -1.28. The number of aryl methyl sites for hydroxylation is 1. The van der Waals surface area contributed by atoms with E-state index in [1.54, 1.807) is 0 Å². The lowest BCUT2D eigenvalue weighted by molar-refractivity contribution is -0.0604. The molecule has 2 aromatic rings. The Bertz CT molecular complexity index is 728. The van der Waals surface area contributed by atoms with Crippen LogP contribution in [0.1, 0.15) is 17.5 Å². The molecule has 0 unspecified atom stereocenters. The van der Waals surface area contributed by atoms with Crippen LogP contribution in [0.2, 0.25) is 0 Å². The maximum atomic E-state index is 12.1. The van der Waals surface area contributed by atoms with Crippen molar-refractivity contribution in [2.75, 3.05) is 13.2 Å². The first-order valence-corrected chi connectivity index (χ1v) is 8.62. The predicted octanol–water partition coefficient (Wildman–Crippen LogP) is 4.40. The van der Waals surface area contributed by atoms with Gasteiger partial charge in [-0.25, -0.2) is 4.99 Å². The molecule has 0 aliphatic rings. The van der Waals surface area contributed by atoms with Gasteiger partial charge in [-0.3, -0.25) is 5.41 Å². The lowest BCUT2D eigenvalue weighted by Crippen LogP contribution is -2.22. The second-order valence-electron chi connectivity index (χ2n) is 5.89. The minimum Gasteiger partial charge on any atom is -0.494 e. The van der Waals surface area contributed by atoms with Crippen LogP contribution in [-0.4, -0.2) is 31.5 Å². The highest BCUT2D eigenvalue weighted by molar-refractivity contribution is 5.90. The summed E-state index contributed by atoms with van der Waals surface area (Å²) in [5, 5.41) is 9.35.